The van der Waals surface area contributed by atoms with Gasteiger partial charge in [0.15, 0.2) is 5.78 Å². The predicted molar refractivity (Wildman–Crippen MR) is 115 cm³/mol. The predicted octanol–water partition coefficient (Wildman–Crippen LogP) is 6.97. The van der Waals surface area contributed by atoms with Crippen molar-refractivity contribution in [2.24, 2.45) is 5.41 Å². The third kappa shape index (κ3) is 3.98. The van der Waals surface area contributed by atoms with Crippen LogP contribution in [0.1, 0.15) is 75.0 Å². The first-order valence-corrected chi connectivity index (χ1v) is 9.74. The first kappa shape index (κ1) is 19.4. The summed E-state index contributed by atoms with van der Waals surface area (Å²) in [5, 5.41) is 0. The highest BCUT2D eigenvalue weighted by Gasteiger charge is 2.26. The standard InChI is InChI=1S/C26H30O/c1-25(2,3)19-15-16-20(21-13-10-14-23(21)26(4,5)6)22(17-19)24(27)18-11-8-7-9-12-18/h7-12,14-17H,13H2,1-6H3. The van der Waals surface area contributed by atoms with Crippen molar-refractivity contribution in [3.63, 3.8) is 0 Å². The van der Waals surface area contributed by atoms with Gasteiger partial charge in [-0.2, -0.15) is 0 Å². The summed E-state index contributed by atoms with van der Waals surface area (Å²) in [6, 6.07) is 16.1. The van der Waals surface area contributed by atoms with Gasteiger partial charge >= 0.3 is 0 Å². The summed E-state index contributed by atoms with van der Waals surface area (Å²) in [7, 11) is 0. The Balaban J connectivity index is 2.22. The average Bonchev–Trinajstić information content (AvgIpc) is 3.10. The van der Waals surface area contributed by atoms with Crippen LogP contribution in [0.25, 0.3) is 5.57 Å². The van der Waals surface area contributed by atoms with Crippen LogP contribution in [0.2, 0.25) is 0 Å². The molecule has 0 heterocycles. The molecule has 140 valence electrons. The highest BCUT2D eigenvalue weighted by molar-refractivity contribution is 6.12. The van der Waals surface area contributed by atoms with Crippen molar-refractivity contribution in [2.75, 3.05) is 0 Å². The molecule has 1 nitrogen and oxygen atoms in total. The van der Waals surface area contributed by atoms with E-state index in [4.69, 9.17) is 0 Å². The highest BCUT2D eigenvalue weighted by atomic mass is 16.1. The fourth-order valence-electron chi connectivity index (χ4n) is 3.67. The fourth-order valence-corrected chi connectivity index (χ4v) is 3.67. The zero-order valence-corrected chi connectivity index (χ0v) is 17.4. The maximum Gasteiger partial charge on any atom is 0.193 e. The first-order valence-electron chi connectivity index (χ1n) is 9.74. The van der Waals surface area contributed by atoms with Gasteiger partial charge in [0.25, 0.3) is 0 Å². The number of benzene rings is 2. The van der Waals surface area contributed by atoms with E-state index in [1.807, 2.05) is 30.3 Å². The summed E-state index contributed by atoms with van der Waals surface area (Å²) in [4.78, 5) is 13.4. The number of rotatable bonds is 3. The van der Waals surface area contributed by atoms with E-state index in [0.717, 1.165) is 23.1 Å². The topological polar surface area (TPSA) is 17.1 Å². The molecule has 1 heteroatoms. The molecule has 0 N–H and O–H groups in total. The van der Waals surface area contributed by atoms with Crippen molar-refractivity contribution in [3.05, 3.63) is 88.5 Å². The number of carbonyl (C=O) groups excluding carboxylic acids is 1. The summed E-state index contributed by atoms with van der Waals surface area (Å²) < 4.78 is 0. The molecule has 2 aromatic rings. The lowest BCUT2D eigenvalue weighted by Gasteiger charge is -2.25. The van der Waals surface area contributed by atoms with Crippen LogP contribution < -0.4 is 0 Å². The minimum Gasteiger partial charge on any atom is -0.289 e. The third-order valence-electron chi connectivity index (χ3n) is 5.23. The van der Waals surface area contributed by atoms with Gasteiger partial charge in [0, 0.05) is 11.1 Å². The molecule has 0 atom stereocenters. The van der Waals surface area contributed by atoms with Crippen LogP contribution in [0, 0.1) is 5.41 Å². The zero-order chi connectivity index (χ0) is 19.8. The van der Waals surface area contributed by atoms with E-state index in [1.165, 1.54) is 16.7 Å². The first-order chi connectivity index (χ1) is 12.6. The minimum absolute atomic E-state index is 0.000583. The van der Waals surface area contributed by atoms with Crippen molar-refractivity contribution in [1.29, 1.82) is 0 Å². The van der Waals surface area contributed by atoms with Crippen LogP contribution in [0.5, 0.6) is 0 Å². The Morgan fingerprint density at radius 3 is 2.11 bits per heavy atom. The summed E-state index contributed by atoms with van der Waals surface area (Å²) in [5.74, 6) is 0.101. The van der Waals surface area contributed by atoms with Crippen molar-refractivity contribution < 1.29 is 4.79 Å². The Morgan fingerprint density at radius 2 is 1.52 bits per heavy atom. The second-order valence-electron chi connectivity index (χ2n) is 9.45. The van der Waals surface area contributed by atoms with Crippen LogP contribution in [-0.4, -0.2) is 5.78 Å². The van der Waals surface area contributed by atoms with E-state index in [9.17, 15) is 4.79 Å². The van der Waals surface area contributed by atoms with E-state index in [2.05, 4.69) is 71.9 Å². The largest absolute Gasteiger partial charge is 0.289 e. The van der Waals surface area contributed by atoms with Gasteiger partial charge in [-0.1, -0.05) is 96.2 Å². The Morgan fingerprint density at radius 1 is 0.852 bits per heavy atom. The Labute approximate surface area is 163 Å². The highest BCUT2D eigenvalue weighted by Crippen LogP contribution is 2.41. The Kier molecular flexibility index (Phi) is 4.99. The average molecular weight is 359 g/mol. The SMILES string of the molecule is CC(C)(C)C1=C(c2ccc(C(C)(C)C)cc2C(=O)c2ccccc2)CC=C1. The molecule has 2 aromatic carbocycles. The fraction of sp³-hybridized carbons (Fsp3) is 0.346. The van der Waals surface area contributed by atoms with Crippen LogP contribution in [0.3, 0.4) is 0 Å². The summed E-state index contributed by atoms with van der Waals surface area (Å²) in [6.45, 7) is 13.3. The monoisotopic (exact) mass is 358 g/mol. The number of ketones is 1. The maximum atomic E-state index is 13.4. The molecular formula is C26H30O. The second-order valence-corrected chi connectivity index (χ2v) is 9.45. The normalized spacial score (nSPS) is 14.7. The molecule has 0 saturated carbocycles. The molecule has 0 amide bonds. The quantitative estimate of drug-likeness (QED) is 0.541. The molecule has 0 saturated heterocycles. The van der Waals surface area contributed by atoms with Gasteiger partial charge in [-0.15, -0.1) is 0 Å². The van der Waals surface area contributed by atoms with Gasteiger partial charge in [-0.3, -0.25) is 4.79 Å². The van der Waals surface area contributed by atoms with Crippen molar-refractivity contribution in [1.82, 2.24) is 0 Å². The van der Waals surface area contributed by atoms with Crippen LogP contribution in [0.4, 0.5) is 0 Å². The van der Waals surface area contributed by atoms with Gasteiger partial charge in [0.05, 0.1) is 0 Å². The molecule has 3 rings (SSSR count). The molecule has 1 aliphatic rings. The molecule has 0 unspecified atom stereocenters. The molecule has 0 aliphatic heterocycles. The molecule has 1 aliphatic carbocycles. The molecule has 0 fully saturated rings. The summed E-state index contributed by atoms with van der Waals surface area (Å²) in [6.07, 6.45) is 5.32. The van der Waals surface area contributed by atoms with Crippen molar-refractivity contribution in [2.45, 2.75) is 53.4 Å². The number of hydrogen-bond acceptors (Lipinski definition) is 1. The summed E-state index contributed by atoms with van der Waals surface area (Å²) >= 11 is 0. The lowest BCUT2D eigenvalue weighted by molar-refractivity contribution is 0.103. The third-order valence-corrected chi connectivity index (χ3v) is 5.23. The number of carbonyl (C=O) groups is 1. The second kappa shape index (κ2) is 6.96. The lowest BCUT2D eigenvalue weighted by Crippen LogP contribution is -2.15. The molecular weight excluding hydrogens is 328 g/mol. The van der Waals surface area contributed by atoms with Gasteiger partial charge in [0.2, 0.25) is 0 Å². The van der Waals surface area contributed by atoms with E-state index in [-0.39, 0.29) is 16.6 Å². The van der Waals surface area contributed by atoms with Gasteiger partial charge in [-0.25, -0.2) is 0 Å². The lowest BCUT2D eigenvalue weighted by atomic mass is 9.79. The minimum atomic E-state index is -0.000583. The van der Waals surface area contributed by atoms with E-state index in [1.54, 1.807) is 0 Å². The van der Waals surface area contributed by atoms with Crippen LogP contribution in [-0.2, 0) is 5.41 Å². The van der Waals surface area contributed by atoms with Crippen molar-refractivity contribution in [3.8, 4) is 0 Å². The van der Waals surface area contributed by atoms with Crippen LogP contribution in [0.15, 0.2) is 66.3 Å². The molecule has 0 aromatic heterocycles. The molecule has 0 spiro atoms. The smallest absolute Gasteiger partial charge is 0.193 e. The molecule has 0 radical (unpaired) electrons. The van der Waals surface area contributed by atoms with E-state index < -0.39 is 0 Å². The van der Waals surface area contributed by atoms with E-state index >= 15 is 0 Å². The molecule has 27 heavy (non-hydrogen) atoms. The van der Waals surface area contributed by atoms with Crippen LogP contribution >= 0.6 is 0 Å². The maximum absolute atomic E-state index is 13.4. The number of allylic oxidation sites excluding steroid dienone is 4. The van der Waals surface area contributed by atoms with Gasteiger partial charge in [-0.05, 0) is 45.6 Å². The Hall–Kier alpha value is -2.41. The summed E-state index contributed by atoms with van der Waals surface area (Å²) in [5.41, 5.74) is 6.48. The van der Waals surface area contributed by atoms with E-state index in [0.29, 0.717) is 0 Å². The van der Waals surface area contributed by atoms with Gasteiger partial charge in [0.1, 0.15) is 0 Å². The number of hydrogen-bond donors (Lipinski definition) is 0. The van der Waals surface area contributed by atoms with Gasteiger partial charge < -0.3 is 0 Å². The Bertz CT molecular complexity index is 913. The zero-order valence-electron chi connectivity index (χ0n) is 17.4. The van der Waals surface area contributed by atoms with Crippen molar-refractivity contribution >= 4 is 11.4 Å². The molecule has 0 bridgehead atoms.